The average molecular weight is 314 g/mol. The summed E-state index contributed by atoms with van der Waals surface area (Å²) >= 11 is -1.02. The van der Waals surface area contributed by atoms with Crippen LogP contribution < -0.4 is 5.32 Å². The summed E-state index contributed by atoms with van der Waals surface area (Å²) in [7, 11) is 1.99. The van der Waals surface area contributed by atoms with Crippen LogP contribution in [0.25, 0.3) is 0 Å². The number of nitrogens with zero attached hydrogens (tertiary/aromatic N) is 1. The number of likely N-dealkylation sites (N-methyl/N-ethyl adjacent to an activating group) is 1. The maximum Gasteiger partial charge on any atom is 0.244 e. The molecule has 0 aromatic heterocycles. The van der Waals surface area contributed by atoms with Crippen molar-refractivity contribution in [1.82, 2.24) is 10.2 Å². The van der Waals surface area contributed by atoms with Gasteiger partial charge in [0.2, 0.25) is 5.91 Å². The Hall–Kier alpha value is -0.780. The smallest absolute Gasteiger partial charge is 0.244 e. The van der Waals surface area contributed by atoms with Gasteiger partial charge in [-0.2, -0.15) is 0 Å². The lowest BCUT2D eigenvalue weighted by atomic mass is 10.1. The van der Waals surface area contributed by atoms with Crippen LogP contribution in [-0.4, -0.2) is 45.8 Å². The second-order valence-corrected chi connectivity index (χ2v) is 8.91. The Kier molecular flexibility index (Phi) is 8.29. The molecule has 0 aromatic rings. The highest BCUT2D eigenvalue weighted by Crippen LogP contribution is 2.22. The quantitative estimate of drug-likeness (QED) is 0.553. The average Bonchev–Trinajstić information content (AvgIpc) is 2.33. The standard InChI is InChI=1S/C16H30N2O2S/c1-8-21(20)16(5,6)11-13-18(7)12-9-10-14(19)17-15(2,3)4/h8-10H,1,11-13H2,2-7H3,(H,17,19)/b10-9+. The molecule has 1 atom stereocenters. The molecule has 0 aliphatic heterocycles. The van der Waals surface area contributed by atoms with E-state index in [-0.39, 0.29) is 16.2 Å². The minimum absolute atomic E-state index is 0.0796. The molecule has 1 N–H and O–H groups in total. The topological polar surface area (TPSA) is 55.4 Å². The van der Waals surface area contributed by atoms with Crippen molar-refractivity contribution >= 4 is 17.1 Å². The summed E-state index contributed by atoms with van der Waals surface area (Å²) in [6.07, 6.45) is 4.22. The predicted molar refractivity (Wildman–Crippen MR) is 91.6 cm³/mol. The molecule has 0 bridgehead atoms. The van der Waals surface area contributed by atoms with Crippen LogP contribution in [0, 0.1) is 0 Å². The van der Waals surface area contributed by atoms with Crippen LogP contribution in [0.4, 0.5) is 0 Å². The van der Waals surface area contributed by atoms with Crippen molar-refractivity contribution < 1.29 is 9.35 Å². The molecule has 0 spiro atoms. The van der Waals surface area contributed by atoms with E-state index in [9.17, 15) is 9.35 Å². The summed E-state index contributed by atoms with van der Waals surface area (Å²) in [6.45, 7) is 14.9. The molecular weight excluding hydrogens is 284 g/mol. The van der Waals surface area contributed by atoms with Crippen molar-refractivity contribution in [3.63, 3.8) is 0 Å². The third kappa shape index (κ3) is 9.72. The van der Waals surface area contributed by atoms with Gasteiger partial charge < -0.3 is 14.8 Å². The monoisotopic (exact) mass is 314 g/mol. The molecule has 122 valence electrons. The van der Waals surface area contributed by atoms with Crippen LogP contribution >= 0.6 is 0 Å². The zero-order chi connectivity index (χ0) is 16.7. The number of hydrogen-bond donors (Lipinski definition) is 1. The van der Waals surface area contributed by atoms with E-state index in [0.29, 0.717) is 6.54 Å². The highest BCUT2D eigenvalue weighted by molar-refractivity contribution is 7.95. The highest BCUT2D eigenvalue weighted by Gasteiger charge is 2.29. The third-order valence-corrected chi connectivity index (χ3v) is 4.57. The predicted octanol–water partition coefficient (Wildman–Crippen LogP) is 2.45. The van der Waals surface area contributed by atoms with Crippen molar-refractivity contribution in [3.05, 3.63) is 24.1 Å². The Morgan fingerprint density at radius 3 is 2.38 bits per heavy atom. The lowest BCUT2D eigenvalue weighted by molar-refractivity contribution is -0.117. The number of carbonyl (C=O) groups is 1. The van der Waals surface area contributed by atoms with Crippen molar-refractivity contribution in [3.8, 4) is 0 Å². The van der Waals surface area contributed by atoms with Gasteiger partial charge in [0.1, 0.15) is 10.2 Å². The van der Waals surface area contributed by atoms with E-state index in [0.717, 1.165) is 13.0 Å². The second kappa shape index (κ2) is 8.61. The van der Waals surface area contributed by atoms with Gasteiger partial charge in [0, 0.05) is 31.1 Å². The number of amides is 1. The molecule has 0 radical (unpaired) electrons. The fourth-order valence-corrected chi connectivity index (χ4v) is 2.37. The Balaban J connectivity index is 4.14. The lowest BCUT2D eigenvalue weighted by Crippen LogP contribution is -2.39. The molecule has 5 heteroatoms. The first-order valence-electron chi connectivity index (χ1n) is 7.18. The SMILES string of the molecule is C=C[S+]([O-])C(C)(C)CCN(C)C/C=C/C(=O)NC(C)(C)C. The molecule has 1 amide bonds. The van der Waals surface area contributed by atoms with E-state index < -0.39 is 11.2 Å². The Labute approximate surface area is 132 Å². The van der Waals surface area contributed by atoms with E-state index in [4.69, 9.17) is 0 Å². The number of carbonyl (C=O) groups excluding carboxylic acids is 1. The summed E-state index contributed by atoms with van der Waals surface area (Å²) in [6, 6.07) is 0. The highest BCUT2D eigenvalue weighted by atomic mass is 32.2. The zero-order valence-corrected chi connectivity index (χ0v) is 15.0. The molecule has 0 rings (SSSR count). The van der Waals surface area contributed by atoms with Crippen molar-refractivity contribution in [1.29, 1.82) is 0 Å². The van der Waals surface area contributed by atoms with E-state index in [1.54, 1.807) is 6.08 Å². The molecule has 0 fully saturated rings. The fraction of sp³-hybridized carbons (Fsp3) is 0.688. The summed E-state index contributed by atoms with van der Waals surface area (Å²) in [5.74, 6) is -0.0796. The van der Waals surface area contributed by atoms with Crippen LogP contribution in [0.3, 0.4) is 0 Å². The Morgan fingerprint density at radius 1 is 1.33 bits per heavy atom. The van der Waals surface area contributed by atoms with Crippen LogP contribution in [0.2, 0.25) is 0 Å². The maximum atomic E-state index is 11.8. The molecule has 21 heavy (non-hydrogen) atoms. The number of hydrogen-bond acceptors (Lipinski definition) is 3. The first-order valence-corrected chi connectivity index (χ1v) is 8.40. The molecule has 0 heterocycles. The maximum absolute atomic E-state index is 11.8. The van der Waals surface area contributed by atoms with Crippen molar-refractivity contribution in [2.75, 3.05) is 20.1 Å². The molecule has 0 aliphatic rings. The van der Waals surface area contributed by atoms with Gasteiger partial charge in [-0.15, -0.1) is 0 Å². The first kappa shape index (κ1) is 20.2. The summed E-state index contributed by atoms with van der Waals surface area (Å²) in [5.41, 5.74) is -0.216. The van der Waals surface area contributed by atoms with Crippen molar-refractivity contribution in [2.24, 2.45) is 0 Å². The van der Waals surface area contributed by atoms with Crippen LogP contribution in [0.5, 0.6) is 0 Å². The molecule has 4 nitrogen and oxygen atoms in total. The van der Waals surface area contributed by atoms with Gasteiger partial charge in [-0.05, 0) is 52.8 Å². The van der Waals surface area contributed by atoms with Gasteiger partial charge in [-0.25, -0.2) is 0 Å². The van der Waals surface area contributed by atoms with Gasteiger partial charge in [0.05, 0.1) is 0 Å². The van der Waals surface area contributed by atoms with Crippen LogP contribution in [0.1, 0.15) is 41.0 Å². The summed E-state index contributed by atoms with van der Waals surface area (Å²) in [4.78, 5) is 13.7. The zero-order valence-electron chi connectivity index (χ0n) is 14.2. The molecule has 0 aliphatic carbocycles. The van der Waals surface area contributed by atoms with Crippen LogP contribution in [0.15, 0.2) is 24.1 Å². The first-order chi connectivity index (χ1) is 9.48. The van der Waals surface area contributed by atoms with Gasteiger partial charge >= 0.3 is 0 Å². The van der Waals surface area contributed by atoms with E-state index in [1.165, 1.54) is 5.41 Å². The molecular formula is C16H30N2O2S. The molecule has 1 unspecified atom stereocenters. The number of nitrogens with one attached hydrogen (secondary N) is 1. The Morgan fingerprint density at radius 2 is 1.90 bits per heavy atom. The van der Waals surface area contributed by atoms with Gasteiger partial charge in [-0.1, -0.05) is 12.7 Å². The fourth-order valence-electron chi connectivity index (χ4n) is 1.63. The molecule has 0 saturated heterocycles. The minimum Gasteiger partial charge on any atom is -0.611 e. The normalized spacial score (nSPS) is 14.5. The second-order valence-electron chi connectivity index (χ2n) is 6.88. The Bertz CT molecular complexity index is 373. The van der Waals surface area contributed by atoms with Gasteiger partial charge in [0.25, 0.3) is 0 Å². The largest absolute Gasteiger partial charge is 0.611 e. The number of rotatable bonds is 8. The lowest BCUT2D eigenvalue weighted by Gasteiger charge is -2.27. The van der Waals surface area contributed by atoms with Gasteiger partial charge in [-0.3, -0.25) is 4.79 Å². The van der Waals surface area contributed by atoms with E-state index >= 15 is 0 Å². The van der Waals surface area contributed by atoms with Gasteiger partial charge in [0.15, 0.2) is 0 Å². The summed E-state index contributed by atoms with van der Waals surface area (Å²) in [5, 5.41) is 4.37. The van der Waals surface area contributed by atoms with E-state index in [1.807, 2.05) is 47.7 Å². The van der Waals surface area contributed by atoms with E-state index in [2.05, 4.69) is 16.8 Å². The third-order valence-electron chi connectivity index (χ3n) is 2.98. The molecule has 0 saturated carbocycles. The molecule has 0 aromatic carbocycles. The van der Waals surface area contributed by atoms with Crippen LogP contribution in [-0.2, 0) is 16.0 Å². The van der Waals surface area contributed by atoms with Crippen molar-refractivity contribution in [2.45, 2.75) is 51.3 Å². The summed E-state index contributed by atoms with van der Waals surface area (Å²) < 4.78 is 11.5. The minimum atomic E-state index is -1.02.